The Bertz CT molecular complexity index is 1040. The molecule has 0 amide bonds. The third kappa shape index (κ3) is 2.59. The maximum atomic E-state index is 11.6. The summed E-state index contributed by atoms with van der Waals surface area (Å²) in [6, 6.07) is 8.13. The van der Waals surface area contributed by atoms with E-state index >= 15 is 0 Å². The average molecular weight is 348 g/mol. The van der Waals surface area contributed by atoms with Crippen LogP contribution >= 0.6 is 0 Å². The summed E-state index contributed by atoms with van der Waals surface area (Å²) in [4.78, 5) is 24.7. The van der Waals surface area contributed by atoms with Crippen molar-refractivity contribution in [2.75, 3.05) is 23.3 Å². The summed E-state index contributed by atoms with van der Waals surface area (Å²) in [5.74, 6) is 2.84. The normalized spacial score (nSPS) is 13.3. The summed E-state index contributed by atoms with van der Waals surface area (Å²) in [6.45, 7) is 1.32. The zero-order valence-corrected chi connectivity index (χ0v) is 13.9. The number of hydrogen-bond donors (Lipinski definition) is 2. The fourth-order valence-electron chi connectivity index (χ4n) is 3.41. The Labute approximate surface area is 149 Å². The molecule has 2 N–H and O–H groups in total. The minimum Gasteiger partial charge on any atom is -0.357 e. The van der Waals surface area contributed by atoms with Crippen molar-refractivity contribution < 1.29 is 4.92 Å². The van der Waals surface area contributed by atoms with Gasteiger partial charge in [-0.05, 0) is 18.1 Å². The molecule has 0 spiro atoms. The van der Waals surface area contributed by atoms with E-state index in [2.05, 4.69) is 32.3 Å². The van der Waals surface area contributed by atoms with Crippen molar-refractivity contribution in [3.63, 3.8) is 0 Å². The Morgan fingerprint density at radius 2 is 2.23 bits per heavy atom. The highest BCUT2D eigenvalue weighted by Gasteiger charge is 2.30. The summed E-state index contributed by atoms with van der Waals surface area (Å²) >= 11 is 0. The summed E-state index contributed by atoms with van der Waals surface area (Å²) in [7, 11) is 0. The Kier molecular flexibility index (Phi) is 3.89. The first-order chi connectivity index (χ1) is 12.7. The molecule has 3 heterocycles. The smallest absolute Gasteiger partial charge is 0.353 e. The molecule has 0 saturated carbocycles. The summed E-state index contributed by atoms with van der Waals surface area (Å²) in [6.07, 6.45) is 7.34. The molecule has 26 heavy (non-hydrogen) atoms. The fourth-order valence-corrected chi connectivity index (χ4v) is 3.41. The number of aromatic amines is 1. The summed E-state index contributed by atoms with van der Waals surface area (Å²) < 4.78 is 0. The third-order valence-electron chi connectivity index (χ3n) is 4.53. The molecule has 0 atom stereocenters. The van der Waals surface area contributed by atoms with E-state index in [9.17, 15) is 10.1 Å². The summed E-state index contributed by atoms with van der Waals surface area (Å²) in [5, 5.41) is 15.6. The van der Waals surface area contributed by atoms with E-state index in [-0.39, 0.29) is 18.1 Å². The lowest BCUT2D eigenvalue weighted by atomic mass is 10.0. The predicted molar refractivity (Wildman–Crippen MR) is 99.1 cm³/mol. The van der Waals surface area contributed by atoms with E-state index in [1.165, 1.54) is 17.3 Å². The number of nitrogens with one attached hydrogen (secondary N) is 2. The standard InChI is InChI=1S/C18H16N6O2/c1-2-8-19-17-16(24(25)26)18(21-11-20-17)23-9-7-13-12-5-3-4-6-14(12)22-15(13)10-23/h1,3-6,11,22H,7-10H2,(H,19,20,21). The lowest BCUT2D eigenvalue weighted by Gasteiger charge is -2.27. The largest absolute Gasteiger partial charge is 0.357 e. The molecule has 130 valence electrons. The van der Waals surface area contributed by atoms with Crippen LogP contribution in [0.5, 0.6) is 0 Å². The van der Waals surface area contributed by atoms with Gasteiger partial charge < -0.3 is 15.2 Å². The van der Waals surface area contributed by atoms with Crippen molar-refractivity contribution in [3.8, 4) is 12.3 Å². The van der Waals surface area contributed by atoms with Crippen LogP contribution < -0.4 is 10.2 Å². The van der Waals surface area contributed by atoms with Crippen molar-refractivity contribution in [3.05, 3.63) is 52.0 Å². The van der Waals surface area contributed by atoms with E-state index < -0.39 is 4.92 Å². The fraction of sp³-hybridized carbons (Fsp3) is 0.222. The van der Waals surface area contributed by atoms with Crippen LogP contribution in [-0.4, -0.2) is 33.0 Å². The maximum absolute atomic E-state index is 11.6. The zero-order chi connectivity index (χ0) is 18.1. The first kappa shape index (κ1) is 15.9. The van der Waals surface area contributed by atoms with Crippen molar-refractivity contribution in [2.45, 2.75) is 13.0 Å². The van der Waals surface area contributed by atoms with E-state index in [0.29, 0.717) is 18.9 Å². The van der Waals surface area contributed by atoms with Gasteiger partial charge in [-0.2, -0.15) is 0 Å². The number of nitro groups is 1. The molecule has 0 radical (unpaired) electrons. The highest BCUT2D eigenvalue weighted by atomic mass is 16.6. The van der Waals surface area contributed by atoms with Gasteiger partial charge in [0.15, 0.2) is 0 Å². The molecule has 8 heteroatoms. The molecule has 0 unspecified atom stereocenters. The number of terminal acetylenes is 1. The van der Waals surface area contributed by atoms with E-state index in [4.69, 9.17) is 6.42 Å². The molecular formula is C18H16N6O2. The number of para-hydroxylation sites is 1. The van der Waals surface area contributed by atoms with Crippen LogP contribution in [0, 0.1) is 22.5 Å². The van der Waals surface area contributed by atoms with Crippen molar-refractivity contribution in [1.82, 2.24) is 15.0 Å². The van der Waals surface area contributed by atoms with Gasteiger partial charge >= 0.3 is 5.69 Å². The molecule has 1 aromatic carbocycles. The van der Waals surface area contributed by atoms with Gasteiger partial charge in [0.2, 0.25) is 11.6 Å². The highest BCUT2D eigenvalue weighted by molar-refractivity contribution is 5.85. The van der Waals surface area contributed by atoms with Crippen LogP contribution in [0.1, 0.15) is 11.3 Å². The molecule has 1 aliphatic rings. The van der Waals surface area contributed by atoms with Crippen molar-refractivity contribution in [2.24, 2.45) is 0 Å². The minimum absolute atomic E-state index is 0.139. The number of rotatable bonds is 4. The number of benzene rings is 1. The molecule has 3 aromatic rings. The molecule has 0 aliphatic carbocycles. The van der Waals surface area contributed by atoms with Crippen molar-refractivity contribution >= 4 is 28.2 Å². The highest BCUT2D eigenvalue weighted by Crippen LogP contribution is 2.35. The van der Waals surface area contributed by atoms with Crippen LogP contribution in [0.4, 0.5) is 17.3 Å². The first-order valence-corrected chi connectivity index (χ1v) is 8.19. The monoisotopic (exact) mass is 348 g/mol. The van der Waals surface area contributed by atoms with Crippen LogP contribution in [0.15, 0.2) is 30.6 Å². The quantitative estimate of drug-likeness (QED) is 0.427. The van der Waals surface area contributed by atoms with E-state index in [1.54, 1.807) is 0 Å². The van der Waals surface area contributed by atoms with Gasteiger partial charge in [-0.15, -0.1) is 6.42 Å². The topological polar surface area (TPSA) is 100.0 Å². The number of H-pyrrole nitrogens is 1. The second-order valence-electron chi connectivity index (χ2n) is 6.01. The van der Waals surface area contributed by atoms with Gasteiger partial charge in [0.1, 0.15) is 6.33 Å². The zero-order valence-electron chi connectivity index (χ0n) is 13.9. The van der Waals surface area contributed by atoms with Crippen LogP contribution in [0.25, 0.3) is 10.9 Å². The van der Waals surface area contributed by atoms with E-state index in [1.807, 2.05) is 23.1 Å². The molecule has 0 bridgehead atoms. The second-order valence-corrected chi connectivity index (χ2v) is 6.01. The van der Waals surface area contributed by atoms with Crippen LogP contribution in [0.3, 0.4) is 0 Å². The van der Waals surface area contributed by atoms with Crippen LogP contribution in [-0.2, 0) is 13.0 Å². The average Bonchev–Trinajstić information content (AvgIpc) is 3.03. The molecule has 1 aliphatic heterocycles. The van der Waals surface area contributed by atoms with E-state index in [0.717, 1.165) is 17.6 Å². The SMILES string of the molecule is C#CCNc1ncnc(N2CCc3c([nH]c4ccccc34)C2)c1[N+](=O)[O-]. The molecule has 8 nitrogen and oxygen atoms in total. The first-order valence-electron chi connectivity index (χ1n) is 8.19. The molecule has 4 rings (SSSR count). The number of anilines is 2. The van der Waals surface area contributed by atoms with Crippen LogP contribution in [0.2, 0.25) is 0 Å². The van der Waals surface area contributed by atoms with Gasteiger partial charge in [0, 0.05) is 23.1 Å². The van der Waals surface area contributed by atoms with Gasteiger partial charge in [0.25, 0.3) is 0 Å². The number of aromatic nitrogens is 3. The lowest BCUT2D eigenvalue weighted by molar-refractivity contribution is -0.383. The third-order valence-corrected chi connectivity index (χ3v) is 4.53. The Balaban J connectivity index is 1.72. The predicted octanol–water partition coefficient (Wildman–Crippen LogP) is 2.47. The minimum atomic E-state index is -0.463. The second kappa shape index (κ2) is 6.37. The van der Waals surface area contributed by atoms with Gasteiger partial charge in [-0.1, -0.05) is 24.1 Å². The molecule has 2 aromatic heterocycles. The number of nitrogens with zero attached hydrogens (tertiary/aromatic N) is 4. The molecule has 0 fully saturated rings. The Morgan fingerprint density at radius 3 is 3.04 bits per heavy atom. The number of fused-ring (bicyclic) bond motifs is 3. The molecule has 0 saturated heterocycles. The molecular weight excluding hydrogens is 332 g/mol. The Hall–Kier alpha value is -3.60. The van der Waals surface area contributed by atoms with Gasteiger partial charge in [0.05, 0.1) is 18.0 Å². The van der Waals surface area contributed by atoms with Gasteiger partial charge in [-0.25, -0.2) is 9.97 Å². The maximum Gasteiger partial charge on any atom is 0.353 e. The summed E-state index contributed by atoms with van der Waals surface area (Å²) in [5.41, 5.74) is 3.25. The Morgan fingerprint density at radius 1 is 1.38 bits per heavy atom. The number of hydrogen-bond acceptors (Lipinski definition) is 6. The van der Waals surface area contributed by atoms with Gasteiger partial charge in [-0.3, -0.25) is 10.1 Å². The lowest BCUT2D eigenvalue weighted by Crippen LogP contribution is -2.31. The van der Waals surface area contributed by atoms with Crippen molar-refractivity contribution in [1.29, 1.82) is 0 Å².